The highest BCUT2D eigenvalue weighted by molar-refractivity contribution is 7.86. The SMILES string of the molecule is CC(C)(C)[S@@](=O)CCNC(=O)NC[C@H](O)c1ccccc1F. The molecule has 1 aromatic rings. The summed E-state index contributed by atoms with van der Waals surface area (Å²) in [6.45, 7) is 5.77. The highest BCUT2D eigenvalue weighted by atomic mass is 32.2. The van der Waals surface area contributed by atoms with E-state index in [1.165, 1.54) is 18.2 Å². The van der Waals surface area contributed by atoms with Gasteiger partial charge < -0.3 is 15.7 Å². The van der Waals surface area contributed by atoms with Gasteiger partial charge in [0.2, 0.25) is 0 Å². The van der Waals surface area contributed by atoms with E-state index in [2.05, 4.69) is 10.6 Å². The highest BCUT2D eigenvalue weighted by Crippen LogP contribution is 2.15. The molecule has 124 valence electrons. The molecule has 0 saturated carbocycles. The Labute approximate surface area is 132 Å². The van der Waals surface area contributed by atoms with Crippen molar-refractivity contribution in [3.63, 3.8) is 0 Å². The highest BCUT2D eigenvalue weighted by Gasteiger charge is 2.19. The predicted molar refractivity (Wildman–Crippen MR) is 85.5 cm³/mol. The Kier molecular flexibility index (Phi) is 6.96. The molecule has 0 fully saturated rings. The topological polar surface area (TPSA) is 78.4 Å². The molecular weight excluding hydrogens is 307 g/mol. The van der Waals surface area contributed by atoms with Crippen LogP contribution >= 0.6 is 0 Å². The van der Waals surface area contributed by atoms with Gasteiger partial charge >= 0.3 is 6.03 Å². The zero-order valence-corrected chi connectivity index (χ0v) is 13.9. The Balaban J connectivity index is 2.32. The third-order valence-corrected chi connectivity index (χ3v) is 4.92. The molecule has 3 N–H and O–H groups in total. The third kappa shape index (κ3) is 6.11. The summed E-state index contributed by atoms with van der Waals surface area (Å²) in [6, 6.07) is 5.37. The first-order valence-corrected chi connectivity index (χ1v) is 8.36. The van der Waals surface area contributed by atoms with E-state index >= 15 is 0 Å². The van der Waals surface area contributed by atoms with Crippen LogP contribution in [0, 0.1) is 5.82 Å². The van der Waals surface area contributed by atoms with Crippen LogP contribution in [0.25, 0.3) is 0 Å². The molecule has 0 aromatic heterocycles. The minimum Gasteiger partial charge on any atom is -0.386 e. The van der Waals surface area contributed by atoms with Gasteiger partial charge in [-0.1, -0.05) is 18.2 Å². The van der Waals surface area contributed by atoms with E-state index < -0.39 is 28.8 Å². The van der Waals surface area contributed by atoms with Crippen molar-refractivity contribution in [2.75, 3.05) is 18.8 Å². The molecule has 5 nitrogen and oxygen atoms in total. The van der Waals surface area contributed by atoms with Gasteiger partial charge in [0, 0.05) is 40.0 Å². The maximum atomic E-state index is 13.4. The average molecular weight is 330 g/mol. The molecule has 0 heterocycles. The van der Waals surface area contributed by atoms with Crippen molar-refractivity contribution in [3.05, 3.63) is 35.6 Å². The predicted octanol–water partition coefficient (Wildman–Crippen LogP) is 1.71. The maximum Gasteiger partial charge on any atom is 0.314 e. The fraction of sp³-hybridized carbons (Fsp3) is 0.533. The number of amides is 2. The summed E-state index contributed by atoms with van der Waals surface area (Å²) in [5.41, 5.74) is 0.136. The number of carbonyl (C=O) groups excluding carboxylic acids is 1. The molecule has 2 amide bonds. The van der Waals surface area contributed by atoms with Gasteiger partial charge in [-0.15, -0.1) is 0 Å². The molecule has 0 aliphatic carbocycles. The standard InChI is InChI=1S/C15H23FN2O3S/c1-15(2,3)22(21)9-8-17-14(20)18-10-13(19)11-6-4-5-7-12(11)16/h4-7,13,19H,8-10H2,1-3H3,(H2,17,18,20)/t13-,22-/m0/s1. The molecule has 0 bridgehead atoms. The van der Waals surface area contributed by atoms with Gasteiger partial charge in [-0.25, -0.2) is 9.18 Å². The lowest BCUT2D eigenvalue weighted by molar-refractivity contribution is 0.169. The zero-order chi connectivity index (χ0) is 16.8. The van der Waals surface area contributed by atoms with Crippen molar-refractivity contribution in [3.8, 4) is 0 Å². The van der Waals surface area contributed by atoms with Crippen LogP contribution in [0.2, 0.25) is 0 Å². The maximum absolute atomic E-state index is 13.4. The van der Waals surface area contributed by atoms with Gasteiger partial charge in [-0.05, 0) is 26.8 Å². The minimum absolute atomic E-state index is 0.102. The number of aliphatic hydroxyl groups excluding tert-OH is 1. The van der Waals surface area contributed by atoms with Gasteiger partial charge in [0.15, 0.2) is 0 Å². The van der Waals surface area contributed by atoms with E-state index in [0.717, 1.165) is 0 Å². The summed E-state index contributed by atoms with van der Waals surface area (Å²) in [5.74, 6) is -0.162. The van der Waals surface area contributed by atoms with Crippen molar-refractivity contribution in [1.29, 1.82) is 0 Å². The van der Waals surface area contributed by atoms with Gasteiger partial charge in [0.1, 0.15) is 5.82 Å². The van der Waals surface area contributed by atoms with E-state index in [4.69, 9.17) is 0 Å². The first kappa shape index (κ1) is 18.6. The molecule has 1 aromatic carbocycles. The van der Waals surface area contributed by atoms with Crippen LogP contribution < -0.4 is 10.6 Å². The summed E-state index contributed by atoms with van der Waals surface area (Å²) < 4.78 is 24.9. The number of rotatable bonds is 6. The molecule has 7 heteroatoms. The average Bonchev–Trinajstić information content (AvgIpc) is 2.44. The number of halogens is 1. The van der Waals surface area contributed by atoms with E-state index in [9.17, 15) is 18.5 Å². The number of nitrogens with one attached hydrogen (secondary N) is 2. The van der Waals surface area contributed by atoms with E-state index in [1.54, 1.807) is 6.07 Å². The molecule has 0 aliphatic rings. The molecule has 2 atom stereocenters. The first-order valence-electron chi connectivity index (χ1n) is 7.04. The monoisotopic (exact) mass is 330 g/mol. The lowest BCUT2D eigenvalue weighted by Gasteiger charge is -2.18. The van der Waals surface area contributed by atoms with Crippen LogP contribution in [0.1, 0.15) is 32.4 Å². The molecule has 0 aliphatic heterocycles. The summed E-state index contributed by atoms with van der Waals surface area (Å²) in [4.78, 5) is 11.6. The molecule has 0 unspecified atom stereocenters. The van der Waals surface area contributed by atoms with E-state index in [1.807, 2.05) is 20.8 Å². The van der Waals surface area contributed by atoms with Crippen LogP contribution in [0.15, 0.2) is 24.3 Å². The number of benzene rings is 1. The lowest BCUT2D eigenvalue weighted by Crippen LogP contribution is -2.40. The fourth-order valence-corrected chi connectivity index (χ4v) is 2.57. The number of hydrogen-bond acceptors (Lipinski definition) is 3. The van der Waals surface area contributed by atoms with E-state index in [0.29, 0.717) is 5.75 Å². The van der Waals surface area contributed by atoms with Gasteiger partial charge in [0.25, 0.3) is 0 Å². The van der Waals surface area contributed by atoms with Crippen molar-refractivity contribution >= 4 is 16.8 Å². The summed E-state index contributed by atoms with van der Waals surface area (Å²) in [6.07, 6.45) is -1.12. The summed E-state index contributed by atoms with van der Waals surface area (Å²) >= 11 is 0. The Hall–Kier alpha value is -1.47. The number of aliphatic hydroxyl groups is 1. The number of carbonyl (C=O) groups is 1. The molecule has 22 heavy (non-hydrogen) atoms. The second-order valence-corrected chi connectivity index (χ2v) is 8.16. The Bertz CT molecular complexity index is 532. The minimum atomic E-state index is -1.12. The molecule has 0 saturated heterocycles. The second kappa shape index (κ2) is 8.24. The molecule has 1 rings (SSSR count). The summed E-state index contributed by atoms with van der Waals surface area (Å²) in [5, 5.41) is 14.9. The van der Waals surface area contributed by atoms with Crippen molar-refractivity contribution < 1.29 is 18.5 Å². The molecule has 0 spiro atoms. The smallest absolute Gasteiger partial charge is 0.314 e. The van der Waals surface area contributed by atoms with Crippen LogP contribution in [0.4, 0.5) is 9.18 Å². The Morgan fingerprint density at radius 2 is 1.95 bits per heavy atom. The third-order valence-electron chi connectivity index (χ3n) is 2.98. The zero-order valence-electron chi connectivity index (χ0n) is 13.1. The largest absolute Gasteiger partial charge is 0.386 e. The first-order chi connectivity index (χ1) is 10.2. The van der Waals surface area contributed by atoms with Crippen molar-refractivity contribution in [2.24, 2.45) is 0 Å². The lowest BCUT2D eigenvalue weighted by atomic mass is 10.1. The second-order valence-electron chi connectivity index (χ2n) is 5.84. The molecular formula is C15H23FN2O3S. The van der Waals surface area contributed by atoms with Crippen LogP contribution in [0.3, 0.4) is 0 Å². The quantitative estimate of drug-likeness (QED) is 0.743. The Morgan fingerprint density at radius 1 is 1.32 bits per heavy atom. The van der Waals surface area contributed by atoms with Crippen LogP contribution in [-0.4, -0.2) is 38.9 Å². The van der Waals surface area contributed by atoms with Gasteiger partial charge in [-0.2, -0.15) is 0 Å². The summed E-state index contributed by atoms with van der Waals surface area (Å²) in [7, 11) is -1.04. The fourth-order valence-electron chi connectivity index (χ4n) is 1.67. The van der Waals surface area contributed by atoms with Crippen LogP contribution in [0.5, 0.6) is 0 Å². The van der Waals surface area contributed by atoms with Crippen LogP contribution in [-0.2, 0) is 10.8 Å². The van der Waals surface area contributed by atoms with Crippen molar-refractivity contribution in [1.82, 2.24) is 10.6 Å². The van der Waals surface area contributed by atoms with Gasteiger partial charge in [-0.3, -0.25) is 4.21 Å². The van der Waals surface area contributed by atoms with Gasteiger partial charge in [0.05, 0.1) is 6.10 Å². The molecule has 0 radical (unpaired) electrons. The Morgan fingerprint density at radius 3 is 2.55 bits per heavy atom. The van der Waals surface area contributed by atoms with Crippen molar-refractivity contribution in [2.45, 2.75) is 31.6 Å². The number of urea groups is 1. The van der Waals surface area contributed by atoms with E-state index in [-0.39, 0.29) is 23.4 Å². The normalized spacial score (nSPS) is 14.2. The number of hydrogen-bond donors (Lipinski definition) is 3.